The Morgan fingerprint density at radius 2 is 2.25 bits per heavy atom. The largest absolute Gasteiger partial charge is 0.465 e. The van der Waals surface area contributed by atoms with E-state index in [4.69, 9.17) is 6.42 Å². The number of hydrogen-bond donors (Lipinski definition) is 1. The Morgan fingerprint density at radius 3 is 2.75 bits per heavy atom. The third-order valence-corrected chi connectivity index (χ3v) is 5.65. The molecule has 0 radical (unpaired) electrons. The molecule has 5 nitrogen and oxygen atoms in total. The van der Waals surface area contributed by atoms with Crippen molar-refractivity contribution in [1.29, 1.82) is 0 Å². The second-order valence-corrected chi connectivity index (χ2v) is 6.73. The van der Waals surface area contributed by atoms with Crippen LogP contribution in [0, 0.1) is 19.3 Å². The SMILES string of the molecule is C#CCC(CC)NS(=O)(=O)c1c(C)csc1C(=O)OC. The Hall–Kier alpha value is -1.36. The maximum atomic E-state index is 12.4. The lowest BCUT2D eigenvalue weighted by atomic mass is 10.2. The molecule has 0 fully saturated rings. The highest BCUT2D eigenvalue weighted by Crippen LogP contribution is 2.27. The van der Waals surface area contributed by atoms with Gasteiger partial charge in [-0.3, -0.25) is 0 Å². The minimum atomic E-state index is -3.80. The lowest BCUT2D eigenvalue weighted by molar-refractivity contribution is 0.0602. The molecule has 0 amide bonds. The first-order valence-corrected chi connectivity index (χ1v) is 8.35. The lowest BCUT2D eigenvalue weighted by Gasteiger charge is -2.15. The normalized spacial score (nSPS) is 12.7. The first kappa shape index (κ1) is 16.7. The monoisotopic (exact) mass is 315 g/mol. The highest BCUT2D eigenvalue weighted by atomic mass is 32.2. The molecule has 1 unspecified atom stereocenters. The first-order chi connectivity index (χ1) is 9.37. The smallest absolute Gasteiger partial charge is 0.349 e. The third-order valence-electron chi connectivity index (χ3n) is 2.74. The summed E-state index contributed by atoms with van der Waals surface area (Å²) >= 11 is 1.05. The highest BCUT2D eigenvalue weighted by molar-refractivity contribution is 7.89. The predicted molar refractivity (Wildman–Crippen MR) is 78.2 cm³/mol. The van der Waals surface area contributed by atoms with Gasteiger partial charge in [0.1, 0.15) is 9.77 Å². The second kappa shape index (κ2) is 6.88. The van der Waals surface area contributed by atoms with Crippen molar-refractivity contribution in [3.05, 3.63) is 15.8 Å². The summed E-state index contributed by atoms with van der Waals surface area (Å²) in [6.07, 6.45) is 6.08. The van der Waals surface area contributed by atoms with E-state index in [0.717, 1.165) is 11.3 Å². The van der Waals surface area contributed by atoms with Gasteiger partial charge in [-0.05, 0) is 24.3 Å². The fourth-order valence-electron chi connectivity index (χ4n) is 1.69. The van der Waals surface area contributed by atoms with Crippen molar-refractivity contribution in [3.8, 4) is 12.3 Å². The molecule has 0 bridgehead atoms. The van der Waals surface area contributed by atoms with Gasteiger partial charge < -0.3 is 4.74 Å². The first-order valence-electron chi connectivity index (χ1n) is 5.99. The van der Waals surface area contributed by atoms with Gasteiger partial charge in [0.15, 0.2) is 0 Å². The predicted octanol–water partition coefficient (Wildman–Crippen LogP) is 1.92. The van der Waals surface area contributed by atoms with Crippen molar-refractivity contribution >= 4 is 27.3 Å². The molecule has 0 aliphatic carbocycles. The fourth-order valence-corrected chi connectivity index (χ4v) is 4.72. The minimum absolute atomic E-state index is 0.0233. The molecular weight excluding hydrogens is 298 g/mol. The summed E-state index contributed by atoms with van der Waals surface area (Å²) in [4.78, 5) is 11.7. The van der Waals surface area contributed by atoms with Crippen LogP contribution in [0.2, 0.25) is 0 Å². The number of sulfonamides is 1. The third kappa shape index (κ3) is 3.60. The maximum absolute atomic E-state index is 12.4. The van der Waals surface area contributed by atoms with E-state index in [1.165, 1.54) is 7.11 Å². The molecule has 0 aliphatic heterocycles. The molecule has 1 N–H and O–H groups in total. The molecule has 0 spiro atoms. The quantitative estimate of drug-likeness (QED) is 0.643. The highest BCUT2D eigenvalue weighted by Gasteiger charge is 2.28. The lowest BCUT2D eigenvalue weighted by Crippen LogP contribution is -2.35. The number of carbonyl (C=O) groups excluding carboxylic acids is 1. The number of aryl methyl sites for hydroxylation is 1. The average Bonchev–Trinajstić information content (AvgIpc) is 2.79. The van der Waals surface area contributed by atoms with Crippen LogP contribution in [0.4, 0.5) is 0 Å². The van der Waals surface area contributed by atoms with Gasteiger partial charge in [-0.25, -0.2) is 17.9 Å². The number of hydrogen-bond acceptors (Lipinski definition) is 5. The summed E-state index contributed by atoms with van der Waals surface area (Å²) < 4.78 is 32.0. The number of esters is 1. The Morgan fingerprint density at radius 1 is 1.60 bits per heavy atom. The summed E-state index contributed by atoms with van der Waals surface area (Å²) in [7, 11) is -2.59. The van der Waals surface area contributed by atoms with Gasteiger partial charge in [-0.15, -0.1) is 23.7 Å². The van der Waals surface area contributed by atoms with Gasteiger partial charge in [0.05, 0.1) is 7.11 Å². The van der Waals surface area contributed by atoms with E-state index >= 15 is 0 Å². The zero-order valence-electron chi connectivity index (χ0n) is 11.6. The summed E-state index contributed by atoms with van der Waals surface area (Å²) in [5, 5.41) is 1.61. The van der Waals surface area contributed by atoms with E-state index in [9.17, 15) is 13.2 Å². The maximum Gasteiger partial charge on any atom is 0.349 e. The summed E-state index contributed by atoms with van der Waals surface area (Å²) in [6, 6.07) is -0.352. The van der Waals surface area contributed by atoms with E-state index in [1.54, 1.807) is 12.3 Å². The molecule has 0 aliphatic rings. The van der Waals surface area contributed by atoms with Crippen LogP contribution in [0.5, 0.6) is 0 Å². The van der Waals surface area contributed by atoms with Crippen molar-refractivity contribution in [2.45, 2.75) is 37.6 Å². The number of ether oxygens (including phenoxy) is 1. The topological polar surface area (TPSA) is 72.5 Å². The van der Waals surface area contributed by atoms with Crippen LogP contribution in [0.25, 0.3) is 0 Å². The second-order valence-electron chi connectivity index (χ2n) is 4.20. The molecule has 0 aromatic carbocycles. The van der Waals surface area contributed by atoms with E-state index in [1.807, 2.05) is 6.92 Å². The number of terminal acetylenes is 1. The van der Waals surface area contributed by atoms with Crippen molar-refractivity contribution in [3.63, 3.8) is 0 Å². The van der Waals surface area contributed by atoms with Crippen LogP contribution >= 0.6 is 11.3 Å². The number of rotatable bonds is 6. The van der Waals surface area contributed by atoms with Crippen LogP contribution in [-0.2, 0) is 14.8 Å². The molecule has 1 aromatic heterocycles. The molecular formula is C13H17NO4S2. The van der Waals surface area contributed by atoms with Crippen LogP contribution in [0.1, 0.15) is 35.0 Å². The molecule has 1 rings (SSSR count). The molecule has 110 valence electrons. The van der Waals surface area contributed by atoms with Gasteiger partial charge in [-0.1, -0.05) is 6.92 Å². The molecule has 1 aromatic rings. The van der Waals surface area contributed by atoms with Crippen LogP contribution in [-0.4, -0.2) is 27.5 Å². The van der Waals surface area contributed by atoms with Gasteiger partial charge in [-0.2, -0.15) is 0 Å². The molecule has 20 heavy (non-hydrogen) atoms. The number of carbonyl (C=O) groups is 1. The van der Waals surface area contributed by atoms with Crippen molar-refractivity contribution in [2.75, 3.05) is 7.11 Å². The van der Waals surface area contributed by atoms with Crippen molar-refractivity contribution in [1.82, 2.24) is 4.72 Å². The van der Waals surface area contributed by atoms with E-state index < -0.39 is 16.0 Å². The van der Waals surface area contributed by atoms with Crippen molar-refractivity contribution < 1.29 is 17.9 Å². The van der Waals surface area contributed by atoms with Gasteiger partial charge in [0.2, 0.25) is 10.0 Å². The average molecular weight is 315 g/mol. The summed E-state index contributed by atoms with van der Waals surface area (Å²) in [5.41, 5.74) is 0.512. The zero-order valence-corrected chi connectivity index (χ0v) is 13.2. The van der Waals surface area contributed by atoms with Crippen LogP contribution in [0.3, 0.4) is 0 Å². The van der Waals surface area contributed by atoms with Crippen LogP contribution < -0.4 is 4.72 Å². The number of thiophene rings is 1. The summed E-state index contributed by atoms with van der Waals surface area (Å²) in [6.45, 7) is 3.48. The Bertz CT molecular complexity index is 625. The Labute approximate surface area is 123 Å². The van der Waals surface area contributed by atoms with E-state index in [2.05, 4.69) is 15.4 Å². The van der Waals surface area contributed by atoms with Gasteiger partial charge in [0, 0.05) is 12.5 Å². The molecule has 1 atom stereocenters. The van der Waals surface area contributed by atoms with E-state index in [-0.39, 0.29) is 15.8 Å². The Kier molecular flexibility index (Phi) is 5.74. The van der Waals surface area contributed by atoms with Crippen LogP contribution in [0.15, 0.2) is 10.3 Å². The summed E-state index contributed by atoms with van der Waals surface area (Å²) in [5.74, 6) is 1.77. The fraction of sp³-hybridized carbons (Fsp3) is 0.462. The zero-order chi connectivity index (χ0) is 15.3. The van der Waals surface area contributed by atoms with E-state index in [0.29, 0.717) is 18.4 Å². The number of nitrogens with one attached hydrogen (secondary N) is 1. The number of methoxy groups -OCH3 is 1. The molecule has 0 saturated heterocycles. The van der Waals surface area contributed by atoms with Gasteiger partial charge in [0.25, 0.3) is 0 Å². The molecule has 0 saturated carbocycles. The molecule has 1 heterocycles. The molecule has 7 heteroatoms. The minimum Gasteiger partial charge on any atom is -0.465 e. The Balaban J connectivity index is 3.19. The standard InChI is InChI=1S/C13H17NO4S2/c1-5-7-10(6-2)14-20(16,17)12-9(3)8-19-11(12)13(15)18-4/h1,8,10,14H,6-7H2,2-4H3. The van der Waals surface area contributed by atoms with Crippen molar-refractivity contribution in [2.24, 2.45) is 0 Å². The van der Waals surface area contributed by atoms with Gasteiger partial charge >= 0.3 is 5.97 Å².